The highest BCUT2D eigenvalue weighted by Crippen LogP contribution is 2.15. The van der Waals surface area contributed by atoms with Gasteiger partial charge in [-0.2, -0.15) is 0 Å². The number of rotatable bonds is 5. The smallest absolute Gasteiger partial charge is 0.233 e. The number of nitrogens with two attached hydrogens (primary N) is 1. The number of imidazole rings is 1. The molecule has 3 N–H and O–H groups in total. The number of nitrogens with zero attached hydrogens (tertiary/aromatic N) is 2. The number of aryl methyl sites for hydroxylation is 2. The molecule has 0 bridgehead atoms. The van der Waals surface area contributed by atoms with E-state index >= 15 is 0 Å². The second-order valence-electron chi connectivity index (χ2n) is 4.45. The zero-order valence-corrected chi connectivity index (χ0v) is 10.5. The summed E-state index contributed by atoms with van der Waals surface area (Å²) < 4.78 is 2.00. The van der Waals surface area contributed by atoms with E-state index in [0.717, 1.165) is 30.3 Å². The summed E-state index contributed by atoms with van der Waals surface area (Å²) in [5.74, 6) is 4.92. The van der Waals surface area contributed by atoms with Gasteiger partial charge in [0.15, 0.2) is 0 Å². The number of nitrogens with one attached hydrogen (secondary N) is 1. The van der Waals surface area contributed by atoms with Crippen molar-refractivity contribution >= 4 is 16.9 Å². The Morgan fingerprint density at radius 1 is 1.44 bits per heavy atom. The molecule has 0 spiro atoms. The van der Waals surface area contributed by atoms with E-state index in [1.807, 2.05) is 17.9 Å². The summed E-state index contributed by atoms with van der Waals surface area (Å²) in [6, 6.07) is 6.32. The van der Waals surface area contributed by atoms with Crippen molar-refractivity contribution in [2.75, 3.05) is 0 Å². The highest BCUT2D eigenvalue weighted by Gasteiger charge is 2.02. The molecule has 5 heteroatoms. The van der Waals surface area contributed by atoms with Crippen molar-refractivity contribution in [2.24, 2.45) is 12.9 Å². The van der Waals surface area contributed by atoms with Crippen molar-refractivity contribution in [2.45, 2.75) is 25.7 Å². The second-order valence-corrected chi connectivity index (χ2v) is 4.45. The fourth-order valence-corrected chi connectivity index (χ4v) is 2.02. The number of amides is 1. The fourth-order valence-electron chi connectivity index (χ4n) is 2.02. The number of hydrogen-bond donors (Lipinski definition) is 2. The largest absolute Gasteiger partial charge is 0.334 e. The standard InChI is InChI=1S/C13H18N4O/c1-17-9-15-11-8-10(6-7-12(11)17)4-2-3-5-13(18)16-14/h6-9H,2-5,14H2,1H3,(H,16,18). The van der Waals surface area contributed by atoms with Crippen molar-refractivity contribution in [3.63, 3.8) is 0 Å². The molecular formula is C13H18N4O. The second kappa shape index (κ2) is 5.64. The molecule has 0 radical (unpaired) electrons. The van der Waals surface area contributed by atoms with Crippen LogP contribution in [0.2, 0.25) is 0 Å². The van der Waals surface area contributed by atoms with Crippen LogP contribution in [0.25, 0.3) is 11.0 Å². The first-order chi connectivity index (χ1) is 8.70. The van der Waals surface area contributed by atoms with E-state index in [4.69, 9.17) is 5.84 Å². The van der Waals surface area contributed by atoms with Crippen molar-refractivity contribution in [1.29, 1.82) is 0 Å². The lowest BCUT2D eigenvalue weighted by Gasteiger charge is -2.02. The molecule has 5 nitrogen and oxygen atoms in total. The molecule has 2 aromatic rings. The topological polar surface area (TPSA) is 72.9 Å². The normalized spacial score (nSPS) is 10.8. The zero-order chi connectivity index (χ0) is 13.0. The van der Waals surface area contributed by atoms with Gasteiger partial charge in [0.2, 0.25) is 5.91 Å². The van der Waals surface area contributed by atoms with Gasteiger partial charge in [-0.05, 0) is 37.0 Å². The van der Waals surface area contributed by atoms with Gasteiger partial charge >= 0.3 is 0 Å². The van der Waals surface area contributed by atoms with Crippen LogP contribution in [0.4, 0.5) is 0 Å². The lowest BCUT2D eigenvalue weighted by molar-refractivity contribution is -0.121. The highest BCUT2D eigenvalue weighted by molar-refractivity contribution is 5.76. The van der Waals surface area contributed by atoms with Crippen LogP contribution in [-0.2, 0) is 18.3 Å². The van der Waals surface area contributed by atoms with Crippen LogP contribution in [0.15, 0.2) is 24.5 Å². The van der Waals surface area contributed by atoms with E-state index in [0.29, 0.717) is 6.42 Å². The van der Waals surface area contributed by atoms with Gasteiger partial charge in [0.05, 0.1) is 17.4 Å². The quantitative estimate of drug-likeness (QED) is 0.361. The molecule has 1 aromatic heterocycles. The third-order valence-corrected chi connectivity index (χ3v) is 3.07. The Morgan fingerprint density at radius 3 is 3.06 bits per heavy atom. The number of benzene rings is 1. The van der Waals surface area contributed by atoms with E-state index < -0.39 is 0 Å². The Hall–Kier alpha value is -1.88. The molecule has 0 unspecified atom stereocenters. The highest BCUT2D eigenvalue weighted by atomic mass is 16.2. The van der Waals surface area contributed by atoms with Gasteiger partial charge in [0.25, 0.3) is 0 Å². The Kier molecular flexibility index (Phi) is 3.94. The van der Waals surface area contributed by atoms with Crippen molar-refractivity contribution < 1.29 is 4.79 Å². The lowest BCUT2D eigenvalue weighted by Crippen LogP contribution is -2.29. The molecule has 0 aliphatic carbocycles. The van der Waals surface area contributed by atoms with E-state index in [1.54, 1.807) is 0 Å². The van der Waals surface area contributed by atoms with E-state index in [2.05, 4.69) is 28.6 Å². The van der Waals surface area contributed by atoms with Gasteiger partial charge in [-0.1, -0.05) is 6.07 Å². The molecule has 1 aromatic carbocycles. The Morgan fingerprint density at radius 2 is 2.28 bits per heavy atom. The predicted octanol–water partition coefficient (Wildman–Crippen LogP) is 1.28. The van der Waals surface area contributed by atoms with Gasteiger partial charge in [0.1, 0.15) is 0 Å². The molecule has 1 heterocycles. The maximum atomic E-state index is 11.0. The minimum absolute atomic E-state index is 0.102. The number of fused-ring (bicyclic) bond motifs is 1. The number of carbonyl (C=O) groups excluding carboxylic acids is 1. The molecule has 0 atom stereocenters. The first-order valence-electron chi connectivity index (χ1n) is 6.10. The summed E-state index contributed by atoms with van der Waals surface area (Å²) in [4.78, 5) is 15.3. The van der Waals surface area contributed by atoms with Gasteiger partial charge in [-0.3, -0.25) is 10.2 Å². The Labute approximate surface area is 106 Å². The van der Waals surface area contributed by atoms with Crippen LogP contribution in [0.5, 0.6) is 0 Å². The molecule has 0 saturated carbocycles. The fraction of sp³-hybridized carbons (Fsp3) is 0.385. The van der Waals surface area contributed by atoms with Gasteiger partial charge in [-0.25, -0.2) is 10.8 Å². The van der Waals surface area contributed by atoms with Crippen molar-refractivity contribution in [3.05, 3.63) is 30.1 Å². The van der Waals surface area contributed by atoms with E-state index in [1.165, 1.54) is 5.56 Å². The van der Waals surface area contributed by atoms with Crippen molar-refractivity contribution in [3.8, 4) is 0 Å². The summed E-state index contributed by atoms with van der Waals surface area (Å²) in [6.45, 7) is 0. The first kappa shape index (κ1) is 12.6. The SMILES string of the molecule is Cn1cnc2cc(CCCCC(=O)NN)ccc21. The number of hydrogen-bond acceptors (Lipinski definition) is 3. The van der Waals surface area contributed by atoms with E-state index in [9.17, 15) is 4.79 Å². The molecule has 0 fully saturated rings. The minimum atomic E-state index is -0.102. The van der Waals surface area contributed by atoms with Crippen LogP contribution in [-0.4, -0.2) is 15.5 Å². The van der Waals surface area contributed by atoms with Crippen molar-refractivity contribution in [1.82, 2.24) is 15.0 Å². The minimum Gasteiger partial charge on any atom is -0.334 e. The molecule has 0 aliphatic rings. The average Bonchev–Trinajstić information content (AvgIpc) is 2.76. The number of aromatic nitrogens is 2. The monoisotopic (exact) mass is 246 g/mol. The Bertz CT molecular complexity index is 547. The van der Waals surface area contributed by atoms with Gasteiger partial charge in [-0.15, -0.1) is 0 Å². The van der Waals surface area contributed by atoms with Gasteiger partial charge < -0.3 is 4.57 Å². The third kappa shape index (κ3) is 2.87. The van der Waals surface area contributed by atoms with Crippen LogP contribution in [0.3, 0.4) is 0 Å². The molecule has 0 saturated heterocycles. The van der Waals surface area contributed by atoms with E-state index in [-0.39, 0.29) is 5.91 Å². The third-order valence-electron chi connectivity index (χ3n) is 3.07. The summed E-state index contributed by atoms with van der Waals surface area (Å²) in [5.41, 5.74) is 5.56. The molecule has 0 aliphatic heterocycles. The van der Waals surface area contributed by atoms with Crippen LogP contribution in [0.1, 0.15) is 24.8 Å². The summed E-state index contributed by atoms with van der Waals surface area (Å²) >= 11 is 0. The molecule has 2 rings (SSSR count). The Balaban J connectivity index is 1.90. The number of hydrazine groups is 1. The van der Waals surface area contributed by atoms with Gasteiger partial charge in [0, 0.05) is 13.5 Å². The summed E-state index contributed by atoms with van der Waals surface area (Å²) in [5, 5.41) is 0. The zero-order valence-electron chi connectivity index (χ0n) is 10.5. The maximum absolute atomic E-state index is 11.0. The number of unbranched alkanes of at least 4 members (excludes halogenated alkanes) is 1. The summed E-state index contributed by atoms with van der Waals surface area (Å²) in [7, 11) is 1.99. The molecule has 18 heavy (non-hydrogen) atoms. The number of carbonyl (C=O) groups is 1. The summed E-state index contributed by atoms with van der Waals surface area (Å²) in [6.07, 6.45) is 5.10. The van der Waals surface area contributed by atoms with Crippen LogP contribution in [0, 0.1) is 0 Å². The molecule has 96 valence electrons. The lowest BCUT2D eigenvalue weighted by atomic mass is 10.1. The molecule has 1 amide bonds. The van der Waals surface area contributed by atoms with Crippen LogP contribution < -0.4 is 11.3 Å². The first-order valence-corrected chi connectivity index (χ1v) is 6.10. The maximum Gasteiger partial charge on any atom is 0.233 e. The molecular weight excluding hydrogens is 228 g/mol. The van der Waals surface area contributed by atoms with Crippen LogP contribution >= 0.6 is 0 Å². The predicted molar refractivity (Wildman–Crippen MR) is 70.6 cm³/mol. The average molecular weight is 246 g/mol.